The van der Waals surface area contributed by atoms with Crippen LogP contribution in [0.5, 0.6) is 0 Å². The quantitative estimate of drug-likeness (QED) is 0.653. The molecule has 0 bridgehead atoms. The number of urea groups is 1. The van der Waals surface area contributed by atoms with Crippen molar-refractivity contribution < 1.29 is 19.5 Å². The van der Waals surface area contributed by atoms with Crippen molar-refractivity contribution >= 4 is 17.9 Å². The second-order valence-electron chi connectivity index (χ2n) is 5.31. The molecule has 0 radical (unpaired) electrons. The molecule has 3 amide bonds. The molecule has 2 saturated heterocycles. The van der Waals surface area contributed by atoms with Crippen molar-refractivity contribution in [3.8, 4) is 0 Å². The molecule has 0 aliphatic carbocycles. The zero-order chi connectivity index (χ0) is 13.5. The van der Waals surface area contributed by atoms with E-state index in [-0.39, 0.29) is 18.5 Å². The number of hydrogen-bond donors (Lipinski definition) is 2. The van der Waals surface area contributed by atoms with E-state index in [4.69, 9.17) is 5.11 Å². The lowest BCUT2D eigenvalue weighted by Crippen LogP contribution is -2.51. The first-order valence-corrected chi connectivity index (χ1v) is 5.91. The lowest BCUT2D eigenvalue weighted by Gasteiger charge is -2.27. The van der Waals surface area contributed by atoms with E-state index in [1.807, 2.05) is 0 Å². The highest BCUT2D eigenvalue weighted by molar-refractivity contribution is 6.04. The molecule has 0 unspecified atom stereocenters. The molecular weight excluding hydrogens is 238 g/mol. The summed E-state index contributed by atoms with van der Waals surface area (Å²) in [4.78, 5) is 37.8. The minimum absolute atomic E-state index is 0.0903. The van der Waals surface area contributed by atoms with E-state index in [0.717, 1.165) is 4.90 Å². The maximum Gasteiger partial charge on any atom is 0.327 e. The SMILES string of the molecule is CC(C)(CN1C(=O)[C@@H]2CNCCN2C1=O)C(=O)O. The Balaban J connectivity index is 2.17. The van der Waals surface area contributed by atoms with Crippen LogP contribution in [0.4, 0.5) is 4.79 Å². The van der Waals surface area contributed by atoms with Crippen molar-refractivity contribution in [1.82, 2.24) is 15.1 Å². The summed E-state index contributed by atoms with van der Waals surface area (Å²) in [5.74, 6) is -1.33. The van der Waals surface area contributed by atoms with Gasteiger partial charge in [0.2, 0.25) is 0 Å². The number of fused-ring (bicyclic) bond motifs is 1. The minimum Gasteiger partial charge on any atom is -0.481 e. The van der Waals surface area contributed by atoms with E-state index < -0.39 is 17.4 Å². The zero-order valence-corrected chi connectivity index (χ0v) is 10.5. The number of nitrogens with one attached hydrogen (secondary N) is 1. The van der Waals surface area contributed by atoms with Gasteiger partial charge in [-0.15, -0.1) is 0 Å². The Morgan fingerprint density at radius 2 is 2.17 bits per heavy atom. The summed E-state index contributed by atoms with van der Waals surface area (Å²) in [7, 11) is 0. The van der Waals surface area contributed by atoms with Crippen LogP contribution in [0, 0.1) is 5.41 Å². The van der Waals surface area contributed by atoms with Gasteiger partial charge in [-0.05, 0) is 13.8 Å². The Bertz CT molecular complexity index is 383. The summed E-state index contributed by atoms with van der Waals surface area (Å²) < 4.78 is 0. The van der Waals surface area contributed by atoms with Crippen LogP contribution in [0.3, 0.4) is 0 Å². The molecule has 2 aliphatic rings. The zero-order valence-electron chi connectivity index (χ0n) is 10.5. The standard InChI is InChI=1S/C11H17N3O4/c1-11(2,9(16)17)6-14-8(15)7-5-12-3-4-13(7)10(14)18/h7,12H,3-6H2,1-2H3,(H,16,17)/t7-/m0/s1. The predicted octanol–water partition coefficient (Wildman–Crippen LogP) is -0.667. The average Bonchev–Trinajstić information content (AvgIpc) is 2.55. The van der Waals surface area contributed by atoms with Crippen LogP contribution < -0.4 is 5.32 Å². The first-order valence-electron chi connectivity index (χ1n) is 5.91. The largest absolute Gasteiger partial charge is 0.481 e. The van der Waals surface area contributed by atoms with Crippen molar-refractivity contribution in [2.45, 2.75) is 19.9 Å². The van der Waals surface area contributed by atoms with Gasteiger partial charge in [0.15, 0.2) is 0 Å². The minimum atomic E-state index is -1.13. The summed E-state index contributed by atoms with van der Waals surface area (Å²) >= 11 is 0. The van der Waals surface area contributed by atoms with E-state index in [0.29, 0.717) is 19.6 Å². The number of carboxylic acids is 1. The second kappa shape index (κ2) is 4.24. The first kappa shape index (κ1) is 12.8. The summed E-state index contributed by atoms with van der Waals surface area (Å²) in [5, 5.41) is 12.1. The molecule has 100 valence electrons. The summed E-state index contributed by atoms with van der Waals surface area (Å²) in [6.07, 6.45) is 0. The third kappa shape index (κ3) is 1.94. The van der Waals surface area contributed by atoms with Crippen LogP contribution in [-0.4, -0.2) is 65.0 Å². The molecule has 2 N–H and O–H groups in total. The molecule has 0 spiro atoms. The normalized spacial score (nSPS) is 24.4. The van der Waals surface area contributed by atoms with Gasteiger partial charge < -0.3 is 15.3 Å². The lowest BCUT2D eigenvalue weighted by molar-refractivity contribution is -0.148. The van der Waals surface area contributed by atoms with E-state index in [1.54, 1.807) is 0 Å². The number of rotatable bonds is 3. The average molecular weight is 255 g/mol. The molecule has 2 fully saturated rings. The van der Waals surface area contributed by atoms with Crippen LogP contribution >= 0.6 is 0 Å². The maximum atomic E-state index is 12.1. The van der Waals surface area contributed by atoms with Crippen molar-refractivity contribution in [1.29, 1.82) is 0 Å². The molecule has 0 aromatic rings. The Hall–Kier alpha value is -1.63. The molecule has 2 rings (SSSR count). The first-order chi connectivity index (χ1) is 8.34. The van der Waals surface area contributed by atoms with E-state index in [1.165, 1.54) is 18.7 Å². The number of aliphatic carboxylic acids is 1. The highest BCUT2D eigenvalue weighted by atomic mass is 16.4. The number of imide groups is 1. The smallest absolute Gasteiger partial charge is 0.327 e. The number of nitrogens with zero attached hydrogens (tertiary/aromatic N) is 2. The van der Waals surface area contributed by atoms with Crippen LogP contribution in [0.25, 0.3) is 0 Å². The number of amides is 3. The third-order valence-electron chi connectivity index (χ3n) is 3.40. The fraction of sp³-hybridized carbons (Fsp3) is 0.727. The molecule has 0 saturated carbocycles. The number of carbonyl (C=O) groups excluding carboxylic acids is 2. The summed E-state index contributed by atoms with van der Waals surface area (Å²) in [6, 6.07) is -0.850. The Kier molecular flexibility index (Phi) is 3.02. The van der Waals surface area contributed by atoms with Gasteiger partial charge in [-0.1, -0.05) is 0 Å². The van der Waals surface area contributed by atoms with Gasteiger partial charge >= 0.3 is 12.0 Å². The van der Waals surface area contributed by atoms with Gasteiger partial charge in [-0.25, -0.2) is 4.79 Å². The molecule has 2 heterocycles. The number of carboxylic acid groups (broad SMARTS) is 1. The highest BCUT2D eigenvalue weighted by Gasteiger charge is 2.48. The van der Waals surface area contributed by atoms with Gasteiger partial charge in [-0.3, -0.25) is 14.5 Å². The number of hydrogen-bond acceptors (Lipinski definition) is 4. The van der Waals surface area contributed by atoms with E-state index in [9.17, 15) is 14.4 Å². The van der Waals surface area contributed by atoms with Gasteiger partial charge in [0.1, 0.15) is 6.04 Å². The van der Waals surface area contributed by atoms with Crippen LogP contribution in [-0.2, 0) is 9.59 Å². The predicted molar refractivity (Wildman–Crippen MR) is 61.9 cm³/mol. The molecule has 1 atom stereocenters. The van der Waals surface area contributed by atoms with Crippen LogP contribution in [0.2, 0.25) is 0 Å². The monoisotopic (exact) mass is 255 g/mol. The molecule has 2 aliphatic heterocycles. The van der Waals surface area contributed by atoms with Crippen LogP contribution in [0.15, 0.2) is 0 Å². The van der Waals surface area contributed by atoms with Crippen molar-refractivity contribution in [3.63, 3.8) is 0 Å². The van der Waals surface area contributed by atoms with E-state index >= 15 is 0 Å². The topological polar surface area (TPSA) is 90.0 Å². The van der Waals surface area contributed by atoms with Gasteiger partial charge in [0.25, 0.3) is 5.91 Å². The van der Waals surface area contributed by atoms with Crippen LogP contribution in [0.1, 0.15) is 13.8 Å². The highest BCUT2D eigenvalue weighted by Crippen LogP contribution is 2.24. The van der Waals surface area contributed by atoms with Crippen molar-refractivity contribution in [2.75, 3.05) is 26.2 Å². The van der Waals surface area contributed by atoms with Gasteiger partial charge in [-0.2, -0.15) is 0 Å². The van der Waals surface area contributed by atoms with Crippen molar-refractivity contribution in [3.05, 3.63) is 0 Å². The Morgan fingerprint density at radius 3 is 2.72 bits per heavy atom. The lowest BCUT2D eigenvalue weighted by atomic mass is 9.93. The molecule has 7 nitrogen and oxygen atoms in total. The maximum absolute atomic E-state index is 12.1. The molecule has 0 aromatic carbocycles. The number of carbonyl (C=O) groups is 3. The van der Waals surface area contributed by atoms with Crippen molar-refractivity contribution in [2.24, 2.45) is 5.41 Å². The molecule has 7 heteroatoms. The van der Waals surface area contributed by atoms with Gasteiger partial charge in [0, 0.05) is 26.2 Å². The second-order valence-corrected chi connectivity index (χ2v) is 5.31. The Morgan fingerprint density at radius 1 is 1.50 bits per heavy atom. The third-order valence-corrected chi connectivity index (χ3v) is 3.40. The molecule has 0 aromatic heterocycles. The molecular formula is C11H17N3O4. The Labute approximate surface area is 105 Å². The number of piperazine rings is 1. The summed E-state index contributed by atoms with van der Waals surface area (Å²) in [5.41, 5.74) is -1.13. The fourth-order valence-corrected chi connectivity index (χ4v) is 2.19. The molecule has 18 heavy (non-hydrogen) atoms. The summed E-state index contributed by atoms with van der Waals surface area (Å²) in [6.45, 7) is 4.50. The fourth-order valence-electron chi connectivity index (χ4n) is 2.19. The van der Waals surface area contributed by atoms with Gasteiger partial charge in [0.05, 0.1) is 5.41 Å². The van der Waals surface area contributed by atoms with E-state index in [2.05, 4.69) is 5.32 Å².